The fourth-order valence-corrected chi connectivity index (χ4v) is 3.56. The number of nitrogens with zero attached hydrogens (tertiary/aromatic N) is 3. The molecule has 1 saturated heterocycles. The summed E-state index contributed by atoms with van der Waals surface area (Å²) in [6.07, 6.45) is 0.612. The van der Waals surface area contributed by atoms with Crippen LogP contribution in [0.3, 0.4) is 0 Å². The molecule has 1 aromatic heterocycles. The number of H-pyrrole nitrogens is 1. The van der Waals surface area contributed by atoms with Gasteiger partial charge < -0.3 is 19.9 Å². The van der Waals surface area contributed by atoms with Gasteiger partial charge >= 0.3 is 0 Å². The lowest BCUT2D eigenvalue weighted by molar-refractivity contribution is -0.121. The minimum atomic E-state index is -0.173. The predicted molar refractivity (Wildman–Crippen MR) is 117 cm³/mol. The summed E-state index contributed by atoms with van der Waals surface area (Å²) in [7, 11) is 4.04. The largest absolute Gasteiger partial charge is 0.378 e. The van der Waals surface area contributed by atoms with Gasteiger partial charge in [0, 0.05) is 43.9 Å². The number of anilines is 1. The van der Waals surface area contributed by atoms with E-state index < -0.39 is 0 Å². The van der Waals surface area contributed by atoms with Crippen LogP contribution < -0.4 is 15.8 Å². The maximum Gasteiger partial charge on any atom is 0.255 e. The zero-order valence-electron chi connectivity index (χ0n) is 18.0. The van der Waals surface area contributed by atoms with Crippen molar-refractivity contribution in [3.05, 3.63) is 57.0 Å². The number of aryl methyl sites for hydroxylation is 1. The van der Waals surface area contributed by atoms with Crippen LogP contribution in [0.4, 0.5) is 5.95 Å². The second-order valence-electron chi connectivity index (χ2n) is 7.84. The van der Waals surface area contributed by atoms with E-state index in [1.165, 1.54) is 5.56 Å². The molecule has 0 spiro atoms. The molecule has 2 heterocycles. The minimum absolute atomic E-state index is 0.0780. The van der Waals surface area contributed by atoms with Gasteiger partial charge in [0.05, 0.1) is 13.2 Å². The predicted octanol–water partition coefficient (Wildman–Crippen LogP) is 1.23. The summed E-state index contributed by atoms with van der Waals surface area (Å²) in [5, 5.41) is 2.97. The van der Waals surface area contributed by atoms with Crippen molar-refractivity contribution < 1.29 is 9.53 Å². The average Bonchev–Trinajstić information content (AvgIpc) is 2.72. The number of hydrogen-bond acceptors (Lipinski definition) is 6. The smallest absolute Gasteiger partial charge is 0.255 e. The SMILES string of the molecule is Cc1nc(N2CCOCC2)[nH]c(=O)c1CCC(=O)NCc1ccccc1CN(C)C. The van der Waals surface area contributed by atoms with E-state index in [4.69, 9.17) is 4.74 Å². The Labute approximate surface area is 177 Å². The molecule has 0 bridgehead atoms. The molecule has 162 valence electrons. The van der Waals surface area contributed by atoms with E-state index in [0.29, 0.717) is 56.5 Å². The molecule has 1 aliphatic rings. The van der Waals surface area contributed by atoms with Crippen LogP contribution >= 0.6 is 0 Å². The fraction of sp³-hybridized carbons (Fsp3) is 0.500. The van der Waals surface area contributed by atoms with Gasteiger partial charge in [-0.3, -0.25) is 14.6 Å². The van der Waals surface area contributed by atoms with Crippen molar-refractivity contribution in [2.24, 2.45) is 0 Å². The van der Waals surface area contributed by atoms with Gasteiger partial charge in [0.15, 0.2) is 0 Å². The van der Waals surface area contributed by atoms with Crippen molar-refractivity contribution >= 4 is 11.9 Å². The summed E-state index contributed by atoms with van der Waals surface area (Å²) in [5.74, 6) is 0.497. The zero-order chi connectivity index (χ0) is 21.5. The van der Waals surface area contributed by atoms with Crippen LogP contribution in [0.2, 0.25) is 0 Å². The van der Waals surface area contributed by atoms with Crippen LogP contribution in [0.25, 0.3) is 0 Å². The lowest BCUT2D eigenvalue weighted by Gasteiger charge is -2.27. The number of morpholine rings is 1. The standard InChI is InChI=1S/C22H31N5O3/c1-16-19(21(29)25-22(24-16)27-10-12-30-13-11-27)8-9-20(28)23-14-17-6-4-5-7-18(17)15-26(2)3/h4-7H,8-15H2,1-3H3,(H,23,28)(H,24,25,29). The second kappa shape index (κ2) is 10.4. The summed E-state index contributed by atoms with van der Waals surface area (Å²) >= 11 is 0. The van der Waals surface area contributed by atoms with Gasteiger partial charge in [-0.15, -0.1) is 0 Å². The number of benzene rings is 1. The lowest BCUT2D eigenvalue weighted by Crippen LogP contribution is -2.38. The fourth-order valence-electron chi connectivity index (χ4n) is 3.56. The van der Waals surface area contributed by atoms with E-state index in [-0.39, 0.29) is 17.9 Å². The van der Waals surface area contributed by atoms with E-state index in [2.05, 4.69) is 26.3 Å². The number of carbonyl (C=O) groups excluding carboxylic acids is 1. The van der Waals surface area contributed by atoms with Crippen LogP contribution in [-0.2, 0) is 29.0 Å². The Morgan fingerprint density at radius 2 is 1.93 bits per heavy atom. The number of hydrogen-bond donors (Lipinski definition) is 2. The third-order valence-electron chi connectivity index (χ3n) is 5.20. The third kappa shape index (κ3) is 5.90. The van der Waals surface area contributed by atoms with Crippen molar-refractivity contribution in [3.63, 3.8) is 0 Å². The molecule has 1 fully saturated rings. The van der Waals surface area contributed by atoms with Crippen LogP contribution in [0.1, 0.15) is 28.8 Å². The van der Waals surface area contributed by atoms with Gasteiger partial charge in [-0.2, -0.15) is 0 Å². The first-order valence-corrected chi connectivity index (χ1v) is 10.3. The van der Waals surface area contributed by atoms with Crippen LogP contribution in [-0.4, -0.2) is 61.2 Å². The summed E-state index contributed by atoms with van der Waals surface area (Å²) in [5.41, 5.74) is 3.36. The summed E-state index contributed by atoms with van der Waals surface area (Å²) in [6, 6.07) is 8.09. The van der Waals surface area contributed by atoms with Gasteiger partial charge in [0.2, 0.25) is 11.9 Å². The monoisotopic (exact) mass is 413 g/mol. The molecule has 30 heavy (non-hydrogen) atoms. The molecule has 2 N–H and O–H groups in total. The highest BCUT2D eigenvalue weighted by Gasteiger charge is 2.17. The maximum absolute atomic E-state index is 12.6. The normalized spacial score (nSPS) is 14.2. The number of aromatic amines is 1. The Kier molecular flexibility index (Phi) is 7.59. The molecule has 1 aromatic carbocycles. The minimum Gasteiger partial charge on any atom is -0.378 e. The Bertz CT molecular complexity index is 919. The van der Waals surface area contributed by atoms with Crippen LogP contribution in [0.15, 0.2) is 29.1 Å². The zero-order valence-corrected chi connectivity index (χ0v) is 18.0. The van der Waals surface area contributed by atoms with E-state index in [1.54, 1.807) is 0 Å². The first kappa shape index (κ1) is 22.0. The van der Waals surface area contributed by atoms with Gasteiger partial charge in [-0.1, -0.05) is 24.3 Å². The van der Waals surface area contributed by atoms with E-state index in [0.717, 1.165) is 12.1 Å². The van der Waals surface area contributed by atoms with Gasteiger partial charge in [-0.25, -0.2) is 4.98 Å². The number of amides is 1. The highest BCUT2D eigenvalue weighted by atomic mass is 16.5. The van der Waals surface area contributed by atoms with Gasteiger partial charge in [0.25, 0.3) is 5.56 Å². The second-order valence-corrected chi connectivity index (χ2v) is 7.84. The molecule has 3 rings (SSSR count). The molecule has 8 nitrogen and oxygen atoms in total. The molecule has 0 aliphatic carbocycles. The van der Waals surface area contributed by atoms with E-state index in [1.807, 2.05) is 44.1 Å². The molecule has 1 amide bonds. The molecular formula is C22H31N5O3. The van der Waals surface area contributed by atoms with Gasteiger partial charge in [-0.05, 0) is 38.6 Å². The van der Waals surface area contributed by atoms with Crippen LogP contribution in [0.5, 0.6) is 0 Å². The highest BCUT2D eigenvalue weighted by Crippen LogP contribution is 2.12. The Balaban J connectivity index is 1.57. The molecule has 0 saturated carbocycles. The molecule has 1 aliphatic heterocycles. The van der Waals surface area contributed by atoms with E-state index in [9.17, 15) is 9.59 Å². The number of nitrogens with one attached hydrogen (secondary N) is 2. The molecule has 0 atom stereocenters. The summed E-state index contributed by atoms with van der Waals surface area (Å²) < 4.78 is 5.34. The maximum atomic E-state index is 12.6. The highest BCUT2D eigenvalue weighted by molar-refractivity contribution is 5.76. The van der Waals surface area contributed by atoms with Crippen molar-refractivity contribution in [1.82, 2.24) is 20.2 Å². The summed E-state index contributed by atoms with van der Waals surface area (Å²) in [6.45, 7) is 5.79. The first-order chi connectivity index (χ1) is 14.4. The van der Waals surface area contributed by atoms with Gasteiger partial charge in [0.1, 0.15) is 0 Å². The molecule has 8 heteroatoms. The van der Waals surface area contributed by atoms with Crippen molar-refractivity contribution in [2.75, 3.05) is 45.3 Å². The van der Waals surface area contributed by atoms with E-state index >= 15 is 0 Å². The number of aromatic nitrogens is 2. The Morgan fingerprint density at radius 3 is 2.60 bits per heavy atom. The number of rotatable bonds is 8. The van der Waals surface area contributed by atoms with Crippen LogP contribution in [0, 0.1) is 6.92 Å². The number of ether oxygens (including phenoxy) is 1. The molecular weight excluding hydrogens is 382 g/mol. The van der Waals surface area contributed by atoms with Crippen molar-refractivity contribution in [3.8, 4) is 0 Å². The molecule has 2 aromatic rings. The van der Waals surface area contributed by atoms with Crippen molar-refractivity contribution in [1.29, 1.82) is 0 Å². The molecule has 0 radical (unpaired) electrons. The quantitative estimate of drug-likeness (QED) is 0.676. The first-order valence-electron chi connectivity index (χ1n) is 10.3. The molecule has 0 unspecified atom stereocenters. The summed E-state index contributed by atoms with van der Waals surface area (Å²) in [4.78, 5) is 36.5. The average molecular weight is 414 g/mol. The Morgan fingerprint density at radius 1 is 1.23 bits per heavy atom. The lowest BCUT2D eigenvalue weighted by atomic mass is 10.1. The Hall–Kier alpha value is -2.71. The topological polar surface area (TPSA) is 90.6 Å². The number of carbonyl (C=O) groups is 1. The van der Waals surface area contributed by atoms with Crippen molar-refractivity contribution in [2.45, 2.75) is 32.9 Å². The third-order valence-corrected chi connectivity index (χ3v) is 5.20.